The molecule has 0 bridgehead atoms. The molecule has 0 nitrogen and oxygen atoms in total. The van der Waals surface area contributed by atoms with Gasteiger partial charge in [0.05, 0.1) is 0 Å². The van der Waals surface area contributed by atoms with Crippen molar-refractivity contribution in [1.82, 2.24) is 0 Å². The number of unbranched alkanes of at least 4 members (excludes halogenated alkanes) is 5. The standard InChI is InChI=1S/C27H46/c1-22-20-23(2)25(15-11-7-8-12-16-26(3,4)5)24(21-22)14-10-9-13-17-27(6)18-19-27/h20-21H,7-19H2,1-6H3. The van der Waals surface area contributed by atoms with E-state index < -0.39 is 0 Å². The van der Waals surface area contributed by atoms with Gasteiger partial charge in [-0.15, -0.1) is 0 Å². The van der Waals surface area contributed by atoms with E-state index in [4.69, 9.17) is 0 Å². The molecular formula is C27H46. The number of aryl methyl sites for hydroxylation is 3. The van der Waals surface area contributed by atoms with Crippen LogP contribution in [0.4, 0.5) is 0 Å². The molecule has 0 heteroatoms. The Hall–Kier alpha value is -0.780. The third-order valence-corrected chi connectivity index (χ3v) is 6.64. The number of rotatable bonds is 12. The summed E-state index contributed by atoms with van der Waals surface area (Å²) in [7, 11) is 0. The summed E-state index contributed by atoms with van der Waals surface area (Å²) in [5.74, 6) is 0. The Morgan fingerprint density at radius 3 is 2.11 bits per heavy atom. The van der Waals surface area contributed by atoms with Gasteiger partial charge < -0.3 is 0 Å². The number of hydrogen-bond donors (Lipinski definition) is 0. The zero-order valence-corrected chi connectivity index (χ0v) is 19.3. The Kier molecular flexibility index (Phi) is 8.44. The predicted octanol–water partition coefficient (Wildman–Crippen LogP) is 8.75. The van der Waals surface area contributed by atoms with Crippen LogP contribution in [0.5, 0.6) is 0 Å². The lowest BCUT2D eigenvalue weighted by Gasteiger charge is -2.18. The first-order valence-electron chi connectivity index (χ1n) is 11.8. The third-order valence-electron chi connectivity index (χ3n) is 6.64. The van der Waals surface area contributed by atoms with Crippen molar-refractivity contribution in [3.63, 3.8) is 0 Å². The van der Waals surface area contributed by atoms with Gasteiger partial charge >= 0.3 is 0 Å². The minimum atomic E-state index is 0.498. The minimum absolute atomic E-state index is 0.498. The molecule has 0 unspecified atom stereocenters. The Labute approximate surface area is 170 Å². The second-order valence-electron chi connectivity index (χ2n) is 11.1. The van der Waals surface area contributed by atoms with Gasteiger partial charge in [0.1, 0.15) is 0 Å². The molecule has 0 spiro atoms. The number of benzene rings is 1. The topological polar surface area (TPSA) is 0 Å². The number of hydrogen-bond acceptors (Lipinski definition) is 0. The van der Waals surface area contributed by atoms with Gasteiger partial charge in [-0.3, -0.25) is 0 Å². The second kappa shape index (κ2) is 10.1. The lowest BCUT2D eigenvalue weighted by atomic mass is 9.88. The van der Waals surface area contributed by atoms with Crippen LogP contribution in [0.15, 0.2) is 12.1 Å². The first kappa shape index (κ1) is 22.5. The predicted molar refractivity (Wildman–Crippen MR) is 122 cm³/mol. The summed E-state index contributed by atoms with van der Waals surface area (Å²) in [6.45, 7) is 14.1. The fourth-order valence-electron chi connectivity index (χ4n) is 4.48. The smallest absolute Gasteiger partial charge is 0.0274 e. The Balaban J connectivity index is 1.74. The van der Waals surface area contributed by atoms with Gasteiger partial charge in [-0.2, -0.15) is 0 Å². The Morgan fingerprint density at radius 1 is 0.815 bits per heavy atom. The van der Waals surface area contributed by atoms with Gasteiger partial charge in [0, 0.05) is 0 Å². The monoisotopic (exact) mass is 370 g/mol. The molecule has 0 heterocycles. The molecule has 1 aliphatic carbocycles. The molecule has 0 N–H and O–H groups in total. The SMILES string of the molecule is Cc1cc(C)c(CCCCCCC(C)(C)C)c(CCCCCC2(C)CC2)c1. The molecular weight excluding hydrogens is 324 g/mol. The largest absolute Gasteiger partial charge is 0.0602 e. The van der Waals surface area contributed by atoms with E-state index in [0.717, 1.165) is 5.41 Å². The molecule has 27 heavy (non-hydrogen) atoms. The van der Waals surface area contributed by atoms with E-state index in [9.17, 15) is 0 Å². The first-order valence-corrected chi connectivity index (χ1v) is 11.8. The summed E-state index contributed by atoms with van der Waals surface area (Å²) in [4.78, 5) is 0. The van der Waals surface area contributed by atoms with Gasteiger partial charge in [0.2, 0.25) is 0 Å². The van der Waals surface area contributed by atoms with Crippen molar-refractivity contribution in [1.29, 1.82) is 0 Å². The second-order valence-corrected chi connectivity index (χ2v) is 11.1. The van der Waals surface area contributed by atoms with Crippen LogP contribution >= 0.6 is 0 Å². The van der Waals surface area contributed by atoms with Gasteiger partial charge in [-0.25, -0.2) is 0 Å². The quantitative estimate of drug-likeness (QED) is 0.322. The molecule has 2 rings (SSSR count). The Bertz CT molecular complexity index is 568. The fourth-order valence-corrected chi connectivity index (χ4v) is 4.48. The zero-order valence-electron chi connectivity index (χ0n) is 19.3. The van der Waals surface area contributed by atoms with Crippen LogP contribution in [0.25, 0.3) is 0 Å². The van der Waals surface area contributed by atoms with Crippen LogP contribution in [0, 0.1) is 24.7 Å². The van der Waals surface area contributed by atoms with Crippen LogP contribution < -0.4 is 0 Å². The minimum Gasteiger partial charge on any atom is -0.0602 e. The molecule has 0 aromatic heterocycles. The molecule has 1 saturated carbocycles. The van der Waals surface area contributed by atoms with Crippen LogP contribution in [-0.2, 0) is 12.8 Å². The van der Waals surface area contributed by atoms with E-state index in [1.54, 1.807) is 11.1 Å². The summed E-state index contributed by atoms with van der Waals surface area (Å²) in [5.41, 5.74) is 7.54. The molecule has 1 aliphatic rings. The van der Waals surface area contributed by atoms with Crippen LogP contribution in [0.1, 0.15) is 121 Å². The summed E-state index contributed by atoms with van der Waals surface area (Å²) >= 11 is 0. The van der Waals surface area contributed by atoms with Crippen molar-refractivity contribution >= 4 is 0 Å². The normalized spacial score (nSPS) is 15.9. The van der Waals surface area contributed by atoms with Crippen molar-refractivity contribution in [3.8, 4) is 0 Å². The highest BCUT2D eigenvalue weighted by Crippen LogP contribution is 2.49. The maximum atomic E-state index is 2.48. The van der Waals surface area contributed by atoms with Gasteiger partial charge in [0.25, 0.3) is 0 Å². The van der Waals surface area contributed by atoms with Crippen LogP contribution in [0.3, 0.4) is 0 Å². The van der Waals surface area contributed by atoms with E-state index in [1.165, 1.54) is 94.6 Å². The highest BCUT2D eigenvalue weighted by Gasteiger charge is 2.35. The molecule has 0 radical (unpaired) electrons. The van der Waals surface area contributed by atoms with Gasteiger partial charge in [-0.1, -0.05) is 77.5 Å². The zero-order chi connectivity index (χ0) is 19.9. The maximum Gasteiger partial charge on any atom is -0.0274 e. The summed E-state index contributed by atoms with van der Waals surface area (Å²) in [5, 5.41) is 0. The van der Waals surface area contributed by atoms with Crippen molar-refractivity contribution in [2.24, 2.45) is 10.8 Å². The fraction of sp³-hybridized carbons (Fsp3) is 0.778. The summed E-state index contributed by atoms with van der Waals surface area (Å²) in [6, 6.07) is 4.87. The van der Waals surface area contributed by atoms with Crippen molar-refractivity contribution in [2.75, 3.05) is 0 Å². The van der Waals surface area contributed by atoms with Gasteiger partial charge in [-0.05, 0) is 92.7 Å². The van der Waals surface area contributed by atoms with E-state index in [2.05, 4.69) is 53.7 Å². The first-order chi connectivity index (χ1) is 12.7. The van der Waals surface area contributed by atoms with E-state index in [-0.39, 0.29) is 0 Å². The van der Waals surface area contributed by atoms with E-state index >= 15 is 0 Å². The van der Waals surface area contributed by atoms with Crippen LogP contribution in [-0.4, -0.2) is 0 Å². The maximum absolute atomic E-state index is 2.48. The highest BCUT2D eigenvalue weighted by atomic mass is 14.4. The van der Waals surface area contributed by atoms with Crippen LogP contribution in [0.2, 0.25) is 0 Å². The molecule has 1 fully saturated rings. The Morgan fingerprint density at radius 2 is 1.44 bits per heavy atom. The lowest BCUT2D eigenvalue weighted by Crippen LogP contribution is -2.04. The third kappa shape index (κ3) is 8.84. The molecule has 0 amide bonds. The lowest BCUT2D eigenvalue weighted by molar-refractivity contribution is 0.357. The average Bonchev–Trinajstić information content (AvgIpc) is 3.28. The highest BCUT2D eigenvalue weighted by molar-refractivity contribution is 5.38. The summed E-state index contributed by atoms with van der Waals surface area (Å²) < 4.78 is 0. The molecule has 0 aliphatic heterocycles. The molecule has 1 aromatic rings. The van der Waals surface area contributed by atoms with Crippen molar-refractivity contribution < 1.29 is 0 Å². The van der Waals surface area contributed by atoms with E-state index in [1.807, 2.05) is 0 Å². The molecule has 154 valence electrons. The van der Waals surface area contributed by atoms with Crippen molar-refractivity contribution in [3.05, 3.63) is 34.4 Å². The van der Waals surface area contributed by atoms with Crippen molar-refractivity contribution in [2.45, 2.75) is 125 Å². The summed E-state index contributed by atoms with van der Waals surface area (Å²) in [6.07, 6.45) is 18.1. The van der Waals surface area contributed by atoms with Gasteiger partial charge in [0.15, 0.2) is 0 Å². The average molecular weight is 371 g/mol. The molecule has 0 saturated heterocycles. The molecule has 1 aromatic carbocycles. The molecule has 0 atom stereocenters. The van der Waals surface area contributed by atoms with E-state index in [0.29, 0.717) is 5.41 Å².